The predicted octanol–water partition coefficient (Wildman–Crippen LogP) is 3.61. The molecular formula is C16H25ClN2OS. The third kappa shape index (κ3) is 3.79. The van der Waals surface area contributed by atoms with E-state index in [-0.39, 0.29) is 18.4 Å². The first kappa shape index (κ1) is 16.8. The van der Waals surface area contributed by atoms with Crippen LogP contribution in [0.5, 0.6) is 0 Å². The minimum atomic E-state index is 0. The number of nitrogens with one attached hydrogen (secondary N) is 1. The van der Waals surface area contributed by atoms with Gasteiger partial charge < -0.3 is 10.2 Å². The van der Waals surface area contributed by atoms with Crippen molar-refractivity contribution in [1.29, 1.82) is 0 Å². The van der Waals surface area contributed by atoms with Gasteiger partial charge >= 0.3 is 0 Å². The molecule has 0 aromatic carbocycles. The van der Waals surface area contributed by atoms with Crippen molar-refractivity contribution in [1.82, 2.24) is 10.2 Å². The zero-order valence-corrected chi connectivity index (χ0v) is 14.4. The van der Waals surface area contributed by atoms with Crippen LogP contribution in [0.25, 0.3) is 0 Å². The maximum absolute atomic E-state index is 12.5. The summed E-state index contributed by atoms with van der Waals surface area (Å²) in [5.74, 6) is 0.886. The molecule has 0 saturated carbocycles. The minimum absolute atomic E-state index is 0. The smallest absolute Gasteiger partial charge is 0.223 e. The SMILES string of the molecule is CC(c1cccs1)N(C)C(=O)CC1CC2CCC(C1)N2.Cl. The third-order valence-corrected chi connectivity index (χ3v) is 6.01. The number of carbonyl (C=O) groups is 1. The standard InChI is InChI=1S/C16H24N2OS.ClH/c1-11(15-4-3-7-20-15)18(2)16(19)10-12-8-13-5-6-14(9-12)17-13;/h3-4,7,11-14,17H,5-6,8-10H2,1-2H3;1H. The number of rotatable bonds is 4. The highest BCUT2D eigenvalue weighted by Gasteiger charge is 2.34. The zero-order valence-electron chi connectivity index (χ0n) is 12.7. The van der Waals surface area contributed by atoms with E-state index < -0.39 is 0 Å². The van der Waals surface area contributed by atoms with Crippen LogP contribution in [0.3, 0.4) is 0 Å². The van der Waals surface area contributed by atoms with E-state index in [1.165, 1.54) is 30.6 Å². The molecule has 3 atom stereocenters. The molecule has 5 heteroatoms. The highest BCUT2D eigenvalue weighted by molar-refractivity contribution is 7.10. The number of amides is 1. The Labute approximate surface area is 137 Å². The van der Waals surface area contributed by atoms with Gasteiger partial charge in [-0.15, -0.1) is 23.7 Å². The van der Waals surface area contributed by atoms with Gasteiger partial charge in [-0.2, -0.15) is 0 Å². The van der Waals surface area contributed by atoms with Gasteiger partial charge in [-0.05, 0) is 50.0 Å². The van der Waals surface area contributed by atoms with E-state index in [0.29, 0.717) is 23.9 Å². The fraction of sp³-hybridized carbons (Fsp3) is 0.688. The van der Waals surface area contributed by atoms with Crippen molar-refractivity contribution >= 4 is 29.7 Å². The summed E-state index contributed by atoms with van der Waals surface area (Å²) in [4.78, 5) is 15.7. The molecule has 0 radical (unpaired) electrons. The number of piperidine rings is 1. The average Bonchev–Trinajstić information content (AvgIpc) is 3.07. The Morgan fingerprint density at radius 3 is 2.67 bits per heavy atom. The largest absolute Gasteiger partial charge is 0.338 e. The molecule has 3 unspecified atom stereocenters. The predicted molar refractivity (Wildman–Crippen MR) is 90.0 cm³/mol. The van der Waals surface area contributed by atoms with E-state index in [9.17, 15) is 4.79 Å². The molecule has 21 heavy (non-hydrogen) atoms. The first-order chi connectivity index (χ1) is 9.63. The van der Waals surface area contributed by atoms with E-state index in [1.807, 2.05) is 11.9 Å². The van der Waals surface area contributed by atoms with E-state index in [4.69, 9.17) is 0 Å². The van der Waals surface area contributed by atoms with Crippen molar-refractivity contribution in [2.75, 3.05) is 7.05 Å². The van der Waals surface area contributed by atoms with Gasteiger partial charge in [0.15, 0.2) is 0 Å². The van der Waals surface area contributed by atoms with Gasteiger partial charge in [-0.3, -0.25) is 4.79 Å². The topological polar surface area (TPSA) is 32.3 Å². The van der Waals surface area contributed by atoms with Gasteiger partial charge in [0.25, 0.3) is 0 Å². The lowest BCUT2D eigenvalue weighted by atomic mass is 9.89. The van der Waals surface area contributed by atoms with Crippen molar-refractivity contribution in [3.8, 4) is 0 Å². The molecule has 2 bridgehead atoms. The van der Waals surface area contributed by atoms with E-state index >= 15 is 0 Å². The van der Waals surface area contributed by atoms with Crippen molar-refractivity contribution in [3.05, 3.63) is 22.4 Å². The molecule has 0 spiro atoms. The Hall–Kier alpha value is -0.580. The van der Waals surface area contributed by atoms with Gasteiger partial charge in [0.05, 0.1) is 6.04 Å². The first-order valence-electron chi connectivity index (χ1n) is 7.68. The molecule has 3 nitrogen and oxygen atoms in total. The van der Waals surface area contributed by atoms with Gasteiger partial charge in [-0.1, -0.05) is 6.07 Å². The number of carbonyl (C=O) groups excluding carboxylic acids is 1. The van der Waals surface area contributed by atoms with Gasteiger partial charge in [0.1, 0.15) is 0 Å². The quantitative estimate of drug-likeness (QED) is 0.915. The zero-order chi connectivity index (χ0) is 14.1. The second-order valence-electron chi connectivity index (χ2n) is 6.38. The Kier molecular flexibility index (Phi) is 5.69. The van der Waals surface area contributed by atoms with Crippen molar-refractivity contribution < 1.29 is 4.79 Å². The van der Waals surface area contributed by atoms with E-state index in [0.717, 1.165) is 6.42 Å². The molecule has 1 aromatic rings. The van der Waals surface area contributed by atoms with Crippen LogP contribution in [0.4, 0.5) is 0 Å². The van der Waals surface area contributed by atoms with E-state index in [2.05, 4.69) is 29.8 Å². The molecule has 1 amide bonds. The summed E-state index contributed by atoms with van der Waals surface area (Å²) in [6.07, 6.45) is 5.70. The van der Waals surface area contributed by atoms with Crippen molar-refractivity contribution in [3.63, 3.8) is 0 Å². The highest BCUT2D eigenvalue weighted by atomic mass is 35.5. The number of hydrogen-bond donors (Lipinski definition) is 1. The monoisotopic (exact) mass is 328 g/mol. The lowest BCUT2D eigenvalue weighted by Gasteiger charge is -2.31. The molecule has 2 fully saturated rings. The molecule has 2 aliphatic rings. The van der Waals surface area contributed by atoms with Crippen LogP contribution in [0.1, 0.15) is 49.9 Å². The number of hydrogen-bond acceptors (Lipinski definition) is 3. The maximum atomic E-state index is 12.5. The molecular weight excluding hydrogens is 304 g/mol. The second kappa shape index (κ2) is 7.12. The molecule has 1 N–H and O–H groups in total. The third-order valence-electron chi connectivity index (χ3n) is 4.96. The van der Waals surface area contributed by atoms with Crippen molar-refractivity contribution in [2.24, 2.45) is 5.92 Å². The molecule has 1 aromatic heterocycles. The second-order valence-corrected chi connectivity index (χ2v) is 7.35. The fourth-order valence-electron chi connectivity index (χ4n) is 3.67. The summed E-state index contributed by atoms with van der Waals surface area (Å²) >= 11 is 1.73. The summed E-state index contributed by atoms with van der Waals surface area (Å²) in [6, 6.07) is 5.71. The fourth-order valence-corrected chi connectivity index (χ4v) is 4.50. The summed E-state index contributed by atoms with van der Waals surface area (Å²) in [7, 11) is 1.95. The molecule has 3 heterocycles. The van der Waals surface area contributed by atoms with Gasteiger partial charge in [-0.25, -0.2) is 0 Å². The normalized spacial score (nSPS) is 28.8. The van der Waals surface area contributed by atoms with Crippen LogP contribution in [0.2, 0.25) is 0 Å². The Bertz CT molecular complexity index is 453. The van der Waals surface area contributed by atoms with Crippen LogP contribution in [0, 0.1) is 5.92 Å². The number of nitrogens with zero attached hydrogens (tertiary/aromatic N) is 1. The molecule has 2 aliphatic heterocycles. The van der Waals surface area contributed by atoms with Gasteiger partial charge in [0, 0.05) is 30.4 Å². The van der Waals surface area contributed by atoms with Crippen LogP contribution >= 0.6 is 23.7 Å². The van der Waals surface area contributed by atoms with Crippen LogP contribution in [0.15, 0.2) is 17.5 Å². The Morgan fingerprint density at radius 2 is 2.10 bits per heavy atom. The average molecular weight is 329 g/mol. The Balaban J connectivity index is 0.00000161. The maximum Gasteiger partial charge on any atom is 0.223 e. The summed E-state index contributed by atoms with van der Waals surface area (Å²) in [5, 5.41) is 5.72. The first-order valence-corrected chi connectivity index (χ1v) is 8.56. The van der Waals surface area contributed by atoms with Crippen molar-refractivity contribution in [2.45, 2.75) is 57.2 Å². The minimum Gasteiger partial charge on any atom is -0.338 e. The lowest BCUT2D eigenvalue weighted by molar-refractivity contribution is -0.133. The van der Waals surface area contributed by atoms with E-state index in [1.54, 1.807) is 11.3 Å². The van der Waals surface area contributed by atoms with Crippen LogP contribution in [-0.2, 0) is 4.79 Å². The van der Waals surface area contributed by atoms with Crippen LogP contribution in [-0.4, -0.2) is 29.9 Å². The molecule has 118 valence electrons. The lowest BCUT2D eigenvalue weighted by Crippen LogP contribution is -2.40. The number of fused-ring (bicyclic) bond motifs is 2. The van der Waals surface area contributed by atoms with Gasteiger partial charge in [0.2, 0.25) is 5.91 Å². The molecule has 2 saturated heterocycles. The summed E-state index contributed by atoms with van der Waals surface area (Å²) in [6.45, 7) is 2.12. The summed E-state index contributed by atoms with van der Waals surface area (Å²) < 4.78 is 0. The summed E-state index contributed by atoms with van der Waals surface area (Å²) in [5.41, 5.74) is 0. The molecule has 3 rings (SSSR count). The Morgan fingerprint density at radius 1 is 1.43 bits per heavy atom. The van der Waals surface area contributed by atoms with Crippen LogP contribution < -0.4 is 5.32 Å². The number of halogens is 1. The number of thiophene rings is 1. The molecule has 0 aliphatic carbocycles. The highest BCUT2D eigenvalue weighted by Crippen LogP contribution is 2.33.